The van der Waals surface area contributed by atoms with Gasteiger partial charge in [-0.25, -0.2) is 19.7 Å². The van der Waals surface area contributed by atoms with Gasteiger partial charge in [0.05, 0.1) is 47.3 Å². The molecule has 6 rings (SSSR count). The molecule has 1 atom stereocenters. The Morgan fingerprint density at radius 3 is 2.88 bits per heavy atom. The number of hydrogen-bond acceptors (Lipinski definition) is 11. The third-order valence-electron chi connectivity index (χ3n) is 6.21. The summed E-state index contributed by atoms with van der Waals surface area (Å²) in [5.74, 6) is 1.62. The number of benzene rings is 2. The van der Waals surface area contributed by atoms with Crippen LogP contribution in [0, 0.1) is 25.2 Å². The van der Waals surface area contributed by atoms with Crippen LogP contribution in [0.15, 0.2) is 42.9 Å². The number of aromatic nitrogens is 4. The largest absolute Gasteiger partial charge is 0.484 e. The molecule has 0 unspecified atom stereocenters. The van der Waals surface area contributed by atoms with Crippen molar-refractivity contribution >= 4 is 44.4 Å². The Hall–Kier alpha value is -5.02. The van der Waals surface area contributed by atoms with Crippen molar-refractivity contribution in [1.82, 2.24) is 19.9 Å². The van der Waals surface area contributed by atoms with Gasteiger partial charge in [0, 0.05) is 11.8 Å². The second-order valence-corrected chi connectivity index (χ2v) is 10.2. The summed E-state index contributed by atoms with van der Waals surface area (Å²) >= 11 is 1.50. The molecule has 0 bridgehead atoms. The average molecular weight is 555 g/mol. The van der Waals surface area contributed by atoms with E-state index >= 15 is 0 Å². The van der Waals surface area contributed by atoms with Crippen LogP contribution in [0.3, 0.4) is 0 Å². The zero-order valence-electron chi connectivity index (χ0n) is 21.7. The van der Waals surface area contributed by atoms with Crippen molar-refractivity contribution in [2.24, 2.45) is 0 Å². The number of thiazole rings is 1. The molecule has 40 heavy (non-hydrogen) atoms. The molecule has 0 saturated carbocycles. The lowest BCUT2D eigenvalue weighted by molar-refractivity contribution is 0.0383. The Balaban J connectivity index is 1.23. The first-order valence-electron chi connectivity index (χ1n) is 12.3. The molecule has 5 aromatic rings. The molecule has 0 radical (unpaired) electrons. The van der Waals surface area contributed by atoms with E-state index in [2.05, 4.69) is 20.3 Å². The number of carbonyl (C=O) groups is 1. The molecule has 4 heterocycles. The summed E-state index contributed by atoms with van der Waals surface area (Å²) in [7, 11) is 1.56. The van der Waals surface area contributed by atoms with E-state index in [0.29, 0.717) is 28.6 Å². The smallest absolute Gasteiger partial charge is 0.411 e. The fraction of sp³-hybridized carbons (Fsp3) is 0.214. The summed E-state index contributed by atoms with van der Waals surface area (Å²) in [5.41, 5.74) is 5.81. The Bertz CT molecular complexity index is 1830. The maximum Gasteiger partial charge on any atom is 0.411 e. The number of nitriles is 1. The Morgan fingerprint density at radius 1 is 1.18 bits per heavy atom. The van der Waals surface area contributed by atoms with E-state index in [1.807, 2.05) is 38.1 Å². The number of aryl methyl sites for hydroxylation is 2. The predicted molar refractivity (Wildman–Crippen MR) is 148 cm³/mol. The van der Waals surface area contributed by atoms with Gasteiger partial charge in [-0.2, -0.15) is 5.26 Å². The molecule has 0 spiro atoms. The molecular weight excluding hydrogens is 532 g/mol. The van der Waals surface area contributed by atoms with E-state index in [9.17, 15) is 4.79 Å². The normalized spacial score (nSPS) is 14.1. The molecular formula is C28H22N6O5S. The van der Waals surface area contributed by atoms with E-state index in [0.717, 1.165) is 42.9 Å². The topological polar surface area (TPSA) is 141 Å². The standard InChI is InChI=1S/C28H22N6O5S/c1-14-4-19(24-20(5-14)33-22(36-3)11-31-24)27-34-23-15(2)6-21-25(26(23)40-27)37-12-18(39-21)13-38-28(35)32-17-7-16(8-29)9-30-10-17/h4-7,9-11,18H,12-13H2,1-3H3,(H,32,35)/t18-/m1/s1. The van der Waals surface area contributed by atoms with Crippen molar-refractivity contribution in [2.75, 3.05) is 25.6 Å². The predicted octanol–water partition coefficient (Wildman–Crippen LogP) is 5.19. The Labute approximate surface area is 232 Å². The monoisotopic (exact) mass is 554 g/mol. The van der Waals surface area contributed by atoms with Crippen LogP contribution in [0.2, 0.25) is 0 Å². The van der Waals surface area contributed by atoms with E-state index < -0.39 is 12.2 Å². The molecule has 0 saturated heterocycles. The summed E-state index contributed by atoms with van der Waals surface area (Å²) in [6.45, 7) is 4.13. The van der Waals surface area contributed by atoms with E-state index in [-0.39, 0.29) is 13.2 Å². The van der Waals surface area contributed by atoms with Crippen molar-refractivity contribution in [3.05, 3.63) is 59.5 Å². The number of anilines is 1. The molecule has 12 heteroatoms. The van der Waals surface area contributed by atoms with Crippen LogP contribution < -0.4 is 19.5 Å². The first kappa shape index (κ1) is 25.3. The van der Waals surface area contributed by atoms with Gasteiger partial charge in [-0.1, -0.05) is 0 Å². The van der Waals surface area contributed by atoms with Gasteiger partial charge in [0.25, 0.3) is 0 Å². The highest BCUT2D eigenvalue weighted by molar-refractivity contribution is 7.22. The molecule has 1 aliphatic rings. The fourth-order valence-electron chi connectivity index (χ4n) is 4.40. The van der Waals surface area contributed by atoms with Gasteiger partial charge >= 0.3 is 6.09 Å². The molecule has 200 valence electrons. The molecule has 1 amide bonds. The van der Waals surface area contributed by atoms with Gasteiger partial charge in [0.15, 0.2) is 17.6 Å². The number of ether oxygens (including phenoxy) is 4. The molecule has 11 nitrogen and oxygen atoms in total. The number of methoxy groups -OCH3 is 1. The minimum absolute atomic E-state index is 0.0287. The highest BCUT2D eigenvalue weighted by Crippen LogP contribution is 2.46. The van der Waals surface area contributed by atoms with Crippen molar-refractivity contribution in [3.63, 3.8) is 0 Å². The molecule has 2 aromatic carbocycles. The van der Waals surface area contributed by atoms with Crippen LogP contribution in [-0.2, 0) is 4.74 Å². The zero-order chi connectivity index (χ0) is 27.8. The van der Waals surface area contributed by atoms with Crippen LogP contribution in [-0.4, -0.2) is 52.5 Å². The summed E-state index contributed by atoms with van der Waals surface area (Å²) in [6, 6.07) is 9.37. The van der Waals surface area contributed by atoms with Gasteiger partial charge in [-0.05, 0) is 49.2 Å². The summed E-state index contributed by atoms with van der Waals surface area (Å²) in [6.07, 6.45) is 3.24. The second-order valence-electron chi connectivity index (χ2n) is 9.16. The summed E-state index contributed by atoms with van der Waals surface area (Å²) in [5, 5.41) is 12.3. The molecule has 0 fully saturated rings. The van der Waals surface area contributed by atoms with Gasteiger partial charge in [-0.3, -0.25) is 10.3 Å². The van der Waals surface area contributed by atoms with Crippen LogP contribution in [0.1, 0.15) is 16.7 Å². The zero-order valence-corrected chi connectivity index (χ0v) is 22.5. The van der Waals surface area contributed by atoms with Crippen LogP contribution in [0.5, 0.6) is 17.4 Å². The number of carbonyl (C=O) groups excluding carboxylic acids is 1. The number of fused-ring (bicyclic) bond motifs is 4. The quantitative estimate of drug-likeness (QED) is 0.309. The van der Waals surface area contributed by atoms with Gasteiger partial charge < -0.3 is 18.9 Å². The lowest BCUT2D eigenvalue weighted by Gasteiger charge is -2.26. The van der Waals surface area contributed by atoms with Crippen molar-refractivity contribution in [3.8, 4) is 34.0 Å². The number of hydrogen-bond donors (Lipinski definition) is 1. The third-order valence-corrected chi connectivity index (χ3v) is 7.30. The number of nitrogens with one attached hydrogen (secondary N) is 1. The van der Waals surface area contributed by atoms with Gasteiger partial charge in [0.2, 0.25) is 5.88 Å². The lowest BCUT2D eigenvalue weighted by Crippen LogP contribution is -2.35. The van der Waals surface area contributed by atoms with Crippen LogP contribution in [0.25, 0.3) is 31.8 Å². The molecule has 0 aliphatic carbocycles. The summed E-state index contributed by atoms with van der Waals surface area (Å²) in [4.78, 5) is 30.2. The van der Waals surface area contributed by atoms with Crippen LogP contribution >= 0.6 is 11.3 Å². The minimum atomic E-state index is -0.684. The number of amides is 1. The Morgan fingerprint density at radius 2 is 2.05 bits per heavy atom. The van der Waals surface area contributed by atoms with Gasteiger partial charge in [-0.15, -0.1) is 11.3 Å². The number of rotatable bonds is 5. The lowest BCUT2D eigenvalue weighted by atomic mass is 10.1. The van der Waals surface area contributed by atoms with Crippen molar-refractivity contribution in [2.45, 2.75) is 20.0 Å². The number of pyridine rings is 1. The first-order valence-corrected chi connectivity index (χ1v) is 13.1. The van der Waals surface area contributed by atoms with Gasteiger partial charge in [0.1, 0.15) is 29.0 Å². The summed E-state index contributed by atoms with van der Waals surface area (Å²) < 4.78 is 23.7. The highest BCUT2D eigenvalue weighted by atomic mass is 32.1. The maximum absolute atomic E-state index is 12.3. The molecule has 3 aromatic heterocycles. The SMILES string of the molecule is COc1cnc2c(-c3nc4c(C)cc5c(c4s3)OC[C@H](COC(=O)Nc3cncc(C#N)c3)O5)cc(C)cc2n1. The second kappa shape index (κ2) is 10.3. The molecule has 1 N–H and O–H groups in total. The van der Waals surface area contributed by atoms with E-state index in [1.54, 1.807) is 13.3 Å². The van der Waals surface area contributed by atoms with Crippen LogP contribution in [0.4, 0.5) is 10.5 Å². The third kappa shape index (κ3) is 4.78. The molecule has 1 aliphatic heterocycles. The average Bonchev–Trinajstić information content (AvgIpc) is 3.41. The van der Waals surface area contributed by atoms with E-state index in [1.165, 1.54) is 29.8 Å². The number of nitrogens with zero attached hydrogens (tertiary/aromatic N) is 5. The maximum atomic E-state index is 12.3. The van der Waals surface area contributed by atoms with Crippen molar-refractivity contribution < 1.29 is 23.7 Å². The van der Waals surface area contributed by atoms with Crippen molar-refractivity contribution in [1.29, 1.82) is 5.26 Å². The fourth-order valence-corrected chi connectivity index (χ4v) is 5.55. The van der Waals surface area contributed by atoms with E-state index in [4.69, 9.17) is 29.2 Å². The minimum Gasteiger partial charge on any atom is -0.484 e. The Kier molecular flexibility index (Phi) is 6.49. The first-order chi connectivity index (χ1) is 19.4. The highest BCUT2D eigenvalue weighted by Gasteiger charge is 2.27.